The highest BCUT2D eigenvalue weighted by molar-refractivity contribution is 7.27. The Kier molecular flexibility index (Phi) is 3.15. The standard InChI is InChI=1S/C26H15N3S/c1-2-7-17-16(6-1)24-22(18-8-3-4-9-20(18)29-24)23-19-14-15(26-27-12-5-13-28-26)10-11-21(19)30-25(17)23/h1-14,29H. The van der Waals surface area contributed by atoms with Gasteiger partial charge in [0.1, 0.15) is 0 Å². The van der Waals surface area contributed by atoms with E-state index in [2.05, 4.69) is 81.7 Å². The maximum absolute atomic E-state index is 4.46. The van der Waals surface area contributed by atoms with Crippen molar-refractivity contribution in [3.63, 3.8) is 0 Å². The fourth-order valence-corrected chi connectivity index (χ4v) is 5.85. The number of rotatable bonds is 1. The molecule has 0 aliphatic heterocycles. The van der Waals surface area contributed by atoms with E-state index in [9.17, 15) is 0 Å². The van der Waals surface area contributed by atoms with Crippen molar-refractivity contribution in [2.45, 2.75) is 0 Å². The molecule has 3 aromatic heterocycles. The van der Waals surface area contributed by atoms with Crippen LogP contribution in [0.4, 0.5) is 0 Å². The molecule has 0 radical (unpaired) electrons. The van der Waals surface area contributed by atoms with Crippen molar-refractivity contribution in [3.05, 3.63) is 85.2 Å². The zero-order chi connectivity index (χ0) is 19.7. The molecule has 4 heteroatoms. The van der Waals surface area contributed by atoms with Gasteiger partial charge in [-0.3, -0.25) is 0 Å². The quantitative estimate of drug-likeness (QED) is 0.313. The average Bonchev–Trinajstić information content (AvgIpc) is 3.38. The molecule has 140 valence electrons. The van der Waals surface area contributed by atoms with E-state index in [0.29, 0.717) is 0 Å². The molecule has 0 fully saturated rings. The highest BCUT2D eigenvalue weighted by Crippen LogP contribution is 2.46. The van der Waals surface area contributed by atoms with Crippen molar-refractivity contribution in [1.29, 1.82) is 0 Å². The number of aromatic amines is 1. The first-order valence-electron chi connectivity index (χ1n) is 9.93. The summed E-state index contributed by atoms with van der Waals surface area (Å²) < 4.78 is 2.62. The molecule has 0 aliphatic carbocycles. The Labute approximate surface area is 175 Å². The molecule has 7 aromatic rings. The molecule has 1 N–H and O–H groups in total. The summed E-state index contributed by atoms with van der Waals surface area (Å²) in [7, 11) is 0. The highest BCUT2D eigenvalue weighted by atomic mass is 32.1. The Morgan fingerprint density at radius 1 is 0.667 bits per heavy atom. The first kappa shape index (κ1) is 16.1. The smallest absolute Gasteiger partial charge is 0.159 e. The molecule has 0 saturated carbocycles. The molecule has 0 bridgehead atoms. The van der Waals surface area contributed by atoms with E-state index in [1.165, 1.54) is 52.8 Å². The lowest BCUT2D eigenvalue weighted by Gasteiger charge is -2.04. The summed E-state index contributed by atoms with van der Waals surface area (Å²) in [4.78, 5) is 12.6. The van der Waals surface area contributed by atoms with Crippen molar-refractivity contribution in [2.24, 2.45) is 0 Å². The number of para-hydroxylation sites is 1. The van der Waals surface area contributed by atoms with Crippen LogP contribution in [0.3, 0.4) is 0 Å². The molecule has 30 heavy (non-hydrogen) atoms. The predicted molar refractivity (Wildman–Crippen MR) is 127 cm³/mol. The van der Waals surface area contributed by atoms with Crippen LogP contribution in [0.25, 0.3) is 64.1 Å². The molecular formula is C26H15N3S. The maximum Gasteiger partial charge on any atom is 0.159 e. The van der Waals surface area contributed by atoms with Crippen LogP contribution in [0.5, 0.6) is 0 Å². The molecule has 3 heterocycles. The first-order chi connectivity index (χ1) is 14.9. The van der Waals surface area contributed by atoms with Crippen molar-refractivity contribution < 1.29 is 0 Å². The molecule has 0 saturated heterocycles. The number of hydrogen-bond acceptors (Lipinski definition) is 3. The van der Waals surface area contributed by atoms with Gasteiger partial charge < -0.3 is 4.98 Å². The van der Waals surface area contributed by atoms with Gasteiger partial charge in [-0.05, 0) is 30.3 Å². The third-order valence-corrected chi connectivity index (χ3v) is 7.11. The van der Waals surface area contributed by atoms with Crippen molar-refractivity contribution in [3.8, 4) is 11.4 Å². The van der Waals surface area contributed by atoms with Gasteiger partial charge in [0.25, 0.3) is 0 Å². The monoisotopic (exact) mass is 401 g/mol. The summed E-state index contributed by atoms with van der Waals surface area (Å²) in [6.07, 6.45) is 3.59. The van der Waals surface area contributed by atoms with Gasteiger partial charge in [-0.2, -0.15) is 0 Å². The van der Waals surface area contributed by atoms with E-state index >= 15 is 0 Å². The summed E-state index contributed by atoms with van der Waals surface area (Å²) in [5.41, 5.74) is 3.43. The summed E-state index contributed by atoms with van der Waals surface area (Å²) in [5.74, 6) is 0.759. The van der Waals surface area contributed by atoms with Crippen LogP contribution in [0, 0.1) is 0 Å². The predicted octanol–water partition coefficient (Wildman–Crippen LogP) is 7.30. The second kappa shape index (κ2) is 5.88. The fraction of sp³-hybridized carbons (Fsp3) is 0. The van der Waals surface area contributed by atoms with Crippen LogP contribution in [0.1, 0.15) is 0 Å². The molecule has 4 aromatic carbocycles. The normalized spacial score (nSPS) is 12.0. The molecule has 7 rings (SSSR count). The van der Waals surface area contributed by atoms with Gasteiger partial charge in [0, 0.05) is 65.2 Å². The van der Waals surface area contributed by atoms with Gasteiger partial charge in [0.2, 0.25) is 0 Å². The number of benzene rings is 4. The van der Waals surface area contributed by atoms with E-state index < -0.39 is 0 Å². The second-order valence-corrected chi connectivity index (χ2v) is 8.61. The van der Waals surface area contributed by atoms with Crippen LogP contribution in [0.2, 0.25) is 0 Å². The molecule has 0 amide bonds. The van der Waals surface area contributed by atoms with Gasteiger partial charge in [-0.1, -0.05) is 42.5 Å². The van der Waals surface area contributed by atoms with Gasteiger partial charge in [-0.15, -0.1) is 11.3 Å². The average molecular weight is 401 g/mol. The zero-order valence-corrected chi connectivity index (χ0v) is 16.7. The summed E-state index contributed by atoms with van der Waals surface area (Å²) >= 11 is 1.87. The van der Waals surface area contributed by atoms with Crippen LogP contribution >= 0.6 is 11.3 Å². The molecule has 3 nitrogen and oxygen atoms in total. The van der Waals surface area contributed by atoms with Crippen LogP contribution in [-0.2, 0) is 0 Å². The number of nitrogens with zero attached hydrogens (tertiary/aromatic N) is 2. The van der Waals surface area contributed by atoms with Gasteiger partial charge in [0.15, 0.2) is 5.82 Å². The van der Waals surface area contributed by atoms with Crippen molar-refractivity contribution in [1.82, 2.24) is 15.0 Å². The Morgan fingerprint density at radius 2 is 1.43 bits per heavy atom. The topological polar surface area (TPSA) is 41.6 Å². The largest absolute Gasteiger partial charge is 0.354 e. The van der Waals surface area contributed by atoms with Crippen LogP contribution in [-0.4, -0.2) is 15.0 Å². The lowest BCUT2D eigenvalue weighted by atomic mass is 9.99. The van der Waals surface area contributed by atoms with E-state index in [1.54, 1.807) is 12.4 Å². The summed E-state index contributed by atoms with van der Waals surface area (Å²) in [5, 5.41) is 7.72. The molecule has 0 unspecified atom stereocenters. The zero-order valence-electron chi connectivity index (χ0n) is 15.9. The number of fused-ring (bicyclic) bond motifs is 10. The van der Waals surface area contributed by atoms with Gasteiger partial charge >= 0.3 is 0 Å². The number of aromatic nitrogens is 3. The summed E-state index contributed by atoms with van der Waals surface area (Å²) in [6, 6.07) is 25.7. The Bertz CT molecular complexity index is 1740. The highest BCUT2D eigenvalue weighted by Gasteiger charge is 2.18. The fourth-order valence-electron chi connectivity index (χ4n) is 4.63. The van der Waals surface area contributed by atoms with Crippen molar-refractivity contribution in [2.75, 3.05) is 0 Å². The van der Waals surface area contributed by atoms with Crippen LogP contribution < -0.4 is 0 Å². The Hall–Kier alpha value is -3.76. The number of H-pyrrole nitrogens is 1. The lowest BCUT2D eigenvalue weighted by Crippen LogP contribution is -1.86. The van der Waals surface area contributed by atoms with Gasteiger partial charge in [-0.25, -0.2) is 9.97 Å². The minimum atomic E-state index is 0.759. The number of hydrogen-bond donors (Lipinski definition) is 1. The van der Waals surface area contributed by atoms with Crippen molar-refractivity contribution >= 4 is 64.1 Å². The maximum atomic E-state index is 4.46. The Morgan fingerprint density at radius 3 is 2.30 bits per heavy atom. The summed E-state index contributed by atoms with van der Waals surface area (Å²) in [6.45, 7) is 0. The lowest BCUT2D eigenvalue weighted by molar-refractivity contribution is 1.18. The third-order valence-electron chi connectivity index (χ3n) is 5.91. The molecule has 0 atom stereocenters. The minimum absolute atomic E-state index is 0.759. The van der Waals surface area contributed by atoms with Gasteiger partial charge in [0.05, 0.1) is 5.52 Å². The minimum Gasteiger partial charge on any atom is -0.354 e. The number of thiophene rings is 1. The van der Waals surface area contributed by atoms with Crippen LogP contribution in [0.15, 0.2) is 85.2 Å². The van der Waals surface area contributed by atoms with E-state index in [1.807, 2.05) is 17.4 Å². The van der Waals surface area contributed by atoms with E-state index in [0.717, 1.165) is 11.4 Å². The van der Waals surface area contributed by atoms with E-state index in [-0.39, 0.29) is 0 Å². The second-order valence-electron chi connectivity index (χ2n) is 7.56. The first-order valence-corrected chi connectivity index (χ1v) is 10.7. The van der Waals surface area contributed by atoms with E-state index in [4.69, 9.17) is 0 Å². The molecule has 0 spiro atoms. The molecule has 0 aliphatic rings. The Balaban J connectivity index is 1.75. The molecular weight excluding hydrogens is 386 g/mol. The SMILES string of the molecule is c1cnc(-c2ccc3sc4c5ccccc5c5[nH]c6ccccc6c5c4c3c2)nc1. The third kappa shape index (κ3) is 2.09. The number of nitrogens with one attached hydrogen (secondary N) is 1.